The Morgan fingerprint density at radius 2 is 1.88 bits per heavy atom. The van der Waals surface area contributed by atoms with E-state index in [0.717, 1.165) is 29.5 Å². The molecule has 0 bridgehead atoms. The number of thiophene rings is 1. The van der Waals surface area contributed by atoms with Gasteiger partial charge in [0.05, 0.1) is 13.7 Å². The van der Waals surface area contributed by atoms with Gasteiger partial charge in [-0.3, -0.25) is 14.5 Å². The van der Waals surface area contributed by atoms with Gasteiger partial charge in [-0.05, 0) is 25.3 Å². The normalized spacial score (nSPS) is 18.8. The highest BCUT2D eigenvalue weighted by Gasteiger charge is 2.31. The van der Waals surface area contributed by atoms with Gasteiger partial charge in [0.15, 0.2) is 0 Å². The molecule has 1 unspecified atom stereocenters. The number of benzene rings is 1. The molecule has 1 N–H and O–H groups in total. The van der Waals surface area contributed by atoms with Crippen molar-refractivity contribution in [2.75, 3.05) is 51.8 Å². The van der Waals surface area contributed by atoms with Gasteiger partial charge < -0.3 is 19.7 Å². The number of ether oxygens (including phenoxy) is 2. The van der Waals surface area contributed by atoms with E-state index in [0.29, 0.717) is 43.4 Å². The molecule has 2 amide bonds. The van der Waals surface area contributed by atoms with E-state index in [9.17, 15) is 14.4 Å². The standard InChI is InChI=1S/C24H29N3O5S/c1-16-5-7-17(8-6-16)18-15-33-22(21(18)24(30)31-2)25-20(28)14-26-9-11-27(12-10-26)23(29)19-4-3-13-32-19/h5-8,15,19H,3-4,9-14H2,1-2H3,(H,25,28). The summed E-state index contributed by atoms with van der Waals surface area (Å²) in [7, 11) is 1.34. The van der Waals surface area contributed by atoms with Gasteiger partial charge in [0.1, 0.15) is 16.7 Å². The second-order valence-corrected chi connectivity index (χ2v) is 9.24. The Bertz CT molecular complexity index is 1010. The van der Waals surface area contributed by atoms with Crippen LogP contribution in [-0.4, -0.2) is 80.1 Å². The van der Waals surface area contributed by atoms with Crippen LogP contribution in [0.25, 0.3) is 11.1 Å². The summed E-state index contributed by atoms with van der Waals surface area (Å²) in [6, 6.07) is 7.87. The first kappa shape index (κ1) is 23.4. The van der Waals surface area contributed by atoms with Crippen LogP contribution in [0, 0.1) is 6.92 Å². The van der Waals surface area contributed by atoms with Gasteiger partial charge >= 0.3 is 5.97 Å². The minimum Gasteiger partial charge on any atom is -0.465 e. The molecule has 33 heavy (non-hydrogen) atoms. The summed E-state index contributed by atoms with van der Waals surface area (Å²) < 4.78 is 10.5. The number of hydrogen-bond donors (Lipinski definition) is 1. The zero-order valence-corrected chi connectivity index (χ0v) is 19.8. The maximum atomic E-state index is 12.8. The number of hydrogen-bond acceptors (Lipinski definition) is 7. The SMILES string of the molecule is COC(=O)c1c(-c2ccc(C)cc2)csc1NC(=O)CN1CCN(C(=O)C2CCCO2)CC1. The molecule has 2 aliphatic rings. The van der Waals surface area contributed by atoms with Gasteiger partial charge in [-0.15, -0.1) is 11.3 Å². The van der Waals surface area contributed by atoms with Crippen molar-refractivity contribution in [2.45, 2.75) is 25.9 Å². The van der Waals surface area contributed by atoms with Crippen molar-refractivity contribution in [3.63, 3.8) is 0 Å². The monoisotopic (exact) mass is 471 g/mol. The summed E-state index contributed by atoms with van der Waals surface area (Å²) in [5.74, 6) is -0.624. The van der Waals surface area contributed by atoms with Gasteiger partial charge in [0, 0.05) is 43.7 Å². The Labute approximate surface area is 197 Å². The Kier molecular flexibility index (Phi) is 7.42. The van der Waals surface area contributed by atoms with Crippen LogP contribution in [-0.2, 0) is 19.1 Å². The van der Waals surface area contributed by atoms with E-state index in [-0.39, 0.29) is 24.5 Å². The van der Waals surface area contributed by atoms with Crippen molar-refractivity contribution in [3.05, 3.63) is 40.8 Å². The number of methoxy groups -OCH3 is 1. The number of esters is 1. The molecule has 0 spiro atoms. The van der Waals surface area contributed by atoms with Crippen molar-refractivity contribution in [1.29, 1.82) is 0 Å². The van der Waals surface area contributed by atoms with E-state index in [1.54, 1.807) is 0 Å². The molecule has 9 heteroatoms. The van der Waals surface area contributed by atoms with E-state index in [4.69, 9.17) is 9.47 Å². The molecule has 3 heterocycles. The number of amides is 2. The van der Waals surface area contributed by atoms with Crippen molar-refractivity contribution in [3.8, 4) is 11.1 Å². The minimum absolute atomic E-state index is 0.0570. The Hall–Kier alpha value is -2.75. The molecule has 2 saturated heterocycles. The molecule has 1 aromatic carbocycles. The third kappa shape index (κ3) is 5.43. The summed E-state index contributed by atoms with van der Waals surface area (Å²) in [6.07, 6.45) is 1.41. The first-order valence-corrected chi connectivity index (χ1v) is 12.0. The smallest absolute Gasteiger partial charge is 0.341 e. The second kappa shape index (κ2) is 10.5. The van der Waals surface area contributed by atoms with Gasteiger partial charge in [-0.1, -0.05) is 29.8 Å². The first-order valence-electron chi connectivity index (χ1n) is 11.2. The van der Waals surface area contributed by atoms with Crippen molar-refractivity contribution < 1.29 is 23.9 Å². The van der Waals surface area contributed by atoms with Gasteiger partial charge in [0.2, 0.25) is 5.91 Å². The zero-order chi connectivity index (χ0) is 23.4. The fraction of sp³-hybridized carbons (Fsp3) is 0.458. The van der Waals surface area contributed by atoms with Crippen LogP contribution >= 0.6 is 11.3 Å². The maximum absolute atomic E-state index is 12.8. The lowest BCUT2D eigenvalue weighted by Gasteiger charge is -2.35. The first-order chi connectivity index (χ1) is 16.0. The summed E-state index contributed by atoms with van der Waals surface area (Å²) in [5.41, 5.74) is 3.12. The number of nitrogens with one attached hydrogen (secondary N) is 1. The lowest BCUT2D eigenvalue weighted by molar-refractivity contribution is -0.142. The number of anilines is 1. The molecular formula is C24H29N3O5S. The summed E-state index contributed by atoms with van der Waals surface area (Å²) in [6.45, 7) is 5.25. The van der Waals surface area contributed by atoms with E-state index in [2.05, 4.69) is 5.32 Å². The number of rotatable bonds is 6. The number of nitrogens with zero attached hydrogens (tertiary/aromatic N) is 2. The average Bonchev–Trinajstić information content (AvgIpc) is 3.50. The number of aryl methyl sites for hydroxylation is 1. The van der Waals surface area contributed by atoms with Gasteiger partial charge in [-0.2, -0.15) is 0 Å². The highest BCUT2D eigenvalue weighted by Crippen LogP contribution is 2.36. The molecule has 1 atom stereocenters. The lowest BCUT2D eigenvalue weighted by Crippen LogP contribution is -2.52. The molecule has 1 aromatic heterocycles. The highest BCUT2D eigenvalue weighted by molar-refractivity contribution is 7.15. The Balaban J connectivity index is 1.37. The summed E-state index contributed by atoms with van der Waals surface area (Å²) in [4.78, 5) is 41.6. The maximum Gasteiger partial charge on any atom is 0.341 e. The van der Waals surface area contributed by atoms with Crippen molar-refractivity contribution in [2.24, 2.45) is 0 Å². The molecule has 8 nitrogen and oxygen atoms in total. The van der Waals surface area contributed by atoms with Crippen LogP contribution in [0.15, 0.2) is 29.6 Å². The predicted molar refractivity (Wildman–Crippen MR) is 126 cm³/mol. The average molecular weight is 472 g/mol. The molecule has 2 aromatic rings. The van der Waals surface area contributed by atoms with Crippen molar-refractivity contribution in [1.82, 2.24) is 9.80 Å². The molecule has 2 fully saturated rings. The molecule has 0 saturated carbocycles. The van der Waals surface area contributed by atoms with E-state index >= 15 is 0 Å². The van der Waals surface area contributed by atoms with Crippen LogP contribution in [0.2, 0.25) is 0 Å². The summed E-state index contributed by atoms with van der Waals surface area (Å²) >= 11 is 1.31. The molecular weight excluding hydrogens is 442 g/mol. The fourth-order valence-electron chi connectivity index (χ4n) is 4.17. The number of carbonyl (C=O) groups is 3. The highest BCUT2D eigenvalue weighted by atomic mass is 32.1. The van der Waals surface area contributed by atoms with Crippen LogP contribution in [0.5, 0.6) is 0 Å². The molecule has 0 aliphatic carbocycles. The quantitative estimate of drug-likeness (QED) is 0.652. The Morgan fingerprint density at radius 3 is 2.52 bits per heavy atom. The molecule has 0 radical (unpaired) electrons. The summed E-state index contributed by atoms with van der Waals surface area (Å²) in [5, 5.41) is 5.23. The largest absolute Gasteiger partial charge is 0.465 e. The minimum atomic E-state index is -0.483. The Morgan fingerprint density at radius 1 is 1.15 bits per heavy atom. The third-order valence-corrected chi connectivity index (χ3v) is 6.95. The topological polar surface area (TPSA) is 88.2 Å². The van der Waals surface area contributed by atoms with Crippen LogP contribution in [0.1, 0.15) is 28.8 Å². The number of piperazine rings is 1. The molecule has 176 valence electrons. The third-order valence-electron chi connectivity index (χ3n) is 6.05. The van der Waals surface area contributed by atoms with Gasteiger partial charge in [0.25, 0.3) is 5.91 Å². The lowest BCUT2D eigenvalue weighted by atomic mass is 10.0. The predicted octanol–water partition coefficient (Wildman–Crippen LogP) is 2.77. The van der Waals surface area contributed by atoms with Gasteiger partial charge in [-0.25, -0.2) is 4.79 Å². The number of carbonyl (C=O) groups excluding carboxylic acids is 3. The van der Waals surface area contributed by atoms with E-state index in [1.807, 2.05) is 46.4 Å². The van der Waals surface area contributed by atoms with Crippen LogP contribution in [0.3, 0.4) is 0 Å². The fourth-order valence-corrected chi connectivity index (χ4v) is 5.15. The second-order valence-electron chi connectivity index (χ2n) is 8.36. The molecule has 4 rings (SSSR count). The van der Waals surface area contributed by atoms with Crippen LogP contribution in [0.4, 0.5) is 5.00 Å². The van der Waals surface area contributed by atoms with Crippen LogP contribution < -0.4 is 5.32 Å². The molecule has 2 aliphatic heterocycles. The van der Waals surface area contributed by atoms with E-state index in [1.165, 1.54) is 18.4 Å². The van der Waals surface area contributed by atoms with E-state index < -0.39 is 5.97 Å². The van der Waals surface area contributed by atoms with Crippen molar-refractivity contribution >= 4 is 34.1 Å². The zero-order valence-electron chi connectivity index (χ0n) is 19.0.